The van der Waals surface area contributed by atoms with Crippen molar-refractivity contribution in [3.05, 3.63) is 29.1 Å². The molecule has 2 saturated heterocycles. The van der Waals surface area contributed by atoms with Crippen LogP contribution < -0.4 is 0 Å². The lowest BCUT2D eigenvalue weighted by molar-refractivity contribution is -0.0912. The Hall–Kier alpha value is -1.46. The Morgan fingerprint density at radius 2 is 1.96 bits per heavy atom. The first kappa shape index (κ1) is 17.4. The number of carbonyl (C=O) groups is 1. The van der Waals surface area contributed by atoms with Gasteiger partial charge in [0.05, 0.1) is 13.2 Å². The van der Waals surface area contributed by atoms with Gasteiger partial charge in [-0.25, -0.2) is 0 Å². The highest BCUT2D eigenvalue weighted by atomic mass is 16.5. The molecule has 0 aliphatic carbocycles. The first-order valence-corrected chi connectivity index (χ1v) is 8.85. The van der Waals surface area contributed by atoms with Crippen LogP contribution in [0.1, 0.15) is 41.0 Å². The van der Waals surface area contributed by atoms with Crippen LogP contribution in [0.4, 0.5) is 0 Å². The molecule has 0 aromatic carbocycles. The number of pyridine rings is 1. The third kappa shape index (κ3) is 3.47. The summed E-state index contributed by atoms with van der Waals surface area (Å²) in [6.45, 7) is 7.87. The van der Waals surface area contributed by atoms with Crippen LogP contribution in [0.15, 0.2) is 12.1 Å². The molecule has 1 atom stereocenters. The van der Waals surface area contributed by atoms with Gasteiger partial charge in [-0.3, -0.25) is 9.78 Å². The highest BCUT2D eigenvalue weighted by molar-refractivity contribution is 5.94. The molecule has 3 heterocycles. The summed E-state index contributed by atoms with van der Waals surface area (Å²) in [5, 5.41) is 0. The minimum Gasteiger partial charge on any atom is -0.384 e. The van der Waals surface area contributed by atoms with Crippen molar-refractivity contribution in [1.82, 2.24) is 9.88 Å². The minimum atomic E-state index is 0.133. The summed E-state index contributed by atoms with van der Waals surface area (Å²) in [5.41, 5.74) is 2.83. The number of hydrogen-bond donors (Lipinski definition) is 0. The topological polar surface area (TPSA) is 51.7 Å². The summed E-state index contributed by atoms with van der Waals surface area (Å²) in [6, 6.07) is 3.78. The smallest absolute Gasteiger partial charge is 0.253 e. The van der Waals surface area contributed by atoms with Crippen LogP contribution in [0.25, 0.3) is 0 Å². The molecule has 24 heavy (non-hydrogen) atoms. The van der Waals surface area contributed by atoms with Crippen molar-refractivity contribution in [2.45, 2.75) is 33.1 Å². The Kier molecular flexibility index (Phi) is 5.21. The Morgan fingerprint density at radius 3 is 2.58 bits per heavy atom. The number of amides is 1. The Morgan fingerprint density at radius 1 is 1.29 bits per heavy atom. The summed E-state index contributed by atoms with van der Waals surface area (Å²) in [6.07, 6.45) is 3.16. The van der Waals surface area contributed by atoms with Crippen molar-refractivity contribution < 1.29 is 14.3 Å². The number of aryl methyl sites for hydroxylation is 2. The predicted molar refractivity (Wildman–Crippen MR) is 92.1 cm³/mol. The molecule has 132 valence electrons. The number of hydrogen-bond acceptors (Lipinski definition) is 4. The zero-order chi connectivity index (χ0) is 17.2. The molecular weight excluding hydrogens is 304 g/mol. The van der Waals surface area contributed by atoms with E-state index in [4.69, 9.17) is 9.47 Å². The fourth-order valence-electron chi connectivity index (χ4n) is 4.26. The van der Waals surface area contributed by atoms with E-state index in [-0.39, 0.29) is 11.3 Å². The quantitative estimate of drug-likeness (QED) is 0.854. The molecule has 5 nitrogen and oxygen atoms in total. The van der Waals surface area contributed by atoms with Gasteiger partial charge in [0.15, 0.2) is 0 Å². The number of rotatable bonds is 3. The van der Waals surface area contributed by atoms with Gasteiger partial charge in [-0.2, -0.15) is 0 Å². The van der Waals surface area contributed by atoms with E-state index in [0.717, 1.165) is 69.1 Å². The van der Waals surface area contributed by atoms with E-state index < -0.39 is 0 Å². The van der Waals surface area contributed by atoms with Gasteiger partial charge < -0.3 is 14.4 Å². The molecule has 3 rings (SSSR count). The van der Waals surface area contributed by atoms with Gasteiger partial charge in [-0.1, -0.05) is 0 Å². The molecular formula is C19H28N2O3. The first-order chi connectivity index (χ1) is 11.5. The van der Waals surface area contributed by atoms with Crippen LogP contribution in [0.3, 0.4) is 0 Å². The molecule has 1 aromatic rings. The molecule has 0 unspecified atom stereocenters. The Bertz CT molecular complexity index is 572. The first-order valence-electron chi connectivity index (χ1n) is 8.85. The third-order valence-corrected chi connectivity index (χ3v) is 5.67. The number of piperidine rings is 1. The van der Waals surface area contributed by atoms with E-state index in [0.29, 0.717) is 5.92 Å². The number of nitrogens with zero attached hydrogens (tertiary/aromatic N) is 2. The van der Waals surface area contributed by atoms with E-state index in [1.54, 1.807) is 7.11 Å². The van der Waals surface area contributed by atoms with Gasteiger partial charge in [0.1, 0.15) is 0 Å². The molecule has 5 heteroatoms. The summed E-state index contributed by atoms with van der Waals surface area (Å²) in [5.74, 6) is 0.577. The highest BCUT2D eigenvalue weighted by Gasteiger charge is 2.44. The molecule has 0 N–H and O–H groups in total. The standard InChI is InChI=1S/C19H28N2O3/c1-14-10-16(11-15(2)20-14)18(22)21-7-4-19(5-8-21)6-9-24-13-17(19)12-23-3/h10-11,17H,4-9,12-13H2,1-3H3/t17-/m0/s1. The van der Waals surface area contributed by atoms with Crippen molar-refractivity contribution in [3.63, 3.8) is 0 Å². The van der Waals surface area contributed by atoms with Crippen molar-refractivity contribution >= 4 is 5.91 Å². The second kappa shape index (κ2) is 7.19. The van der Waals surface area contributed by atoms with Gasteiger partial charge >= 0.3 is 0 Å². The molecule has 1 aromatic heterocycles. The fraction of sp³-hybridized carbons (Fsp3) is 0.684. The van der Waals surface area contributed by atoms with Gasteiger partial charge in [0, 0.05) is 49.7 Å². The van der Waals surface area contributed by atoms with Gasteiger partial charge in [0.2, 0.25) is 0 Å². The van der Waals surface area contributed by atoms with Crippen molar-refractivity contribution in [2.24, 2.45) is 11.3 Å². The molecule has 1 amide bonds. The van der Waals surface area contributed by atoms with E-state index in [9.17, 15) is 4.79 Å². The fourth-order valence-corrected chi connectivity index (χ4v) is 4.26. The maximum atomic E-state index is 12.8. The summed E-state index contributed by atoms with van der Waals surface area (Å²) < 4.78 is 11.1. The lowest BCUT2D eigenvalue weighted by Gasteiger charge is -2.48. The zero-order valence-corrected chi connectivity index (χ0v) is 15.0. The van der Waals surface area contributed by atoms with Crippen LogP contribution >= 0.6 is 0 Å². The Balaban J connectivity index is 1.68. The summed E-state index contributed by atoms with van der Waals surface area (Å²) in [4.78, 5) is 19.2. The maximum absolute atomic E-state index is 12.8. The average molecular weight is 332 g/mol. The second-order valence-corrected chi connectivity index (χ2v) is 7.27. The van der Waals surface area contributed by atoms with Crippen LogP contribution in [0.5, 0.6) is 0 Å². The highest BCUT2D eigenvalue weighted by Crippen LogP contribution is 2.44. The van der Waals surface area contributed by atoms with E-state index in [1.807, 2.05) is 30.9 Å². The van der Waals surface area contributed by atoms with Gasteiger partial charge in [-0.15, -0.1) is 0 Å². The SMILES string of the molecule is COC[C@H]1COCCC12CCN(C(=O)c1cc(C)nc(C)c1)CC2. The van der Waals surface area contributed by atoms with Crippen LogP contribution in [0, 0.1) is 25.2 Å². The summed E-state index contributed by atoms with van der Waals surface area (Å²) in [7, 11) is 1.76. The average Bonchev–Trinajstić information content (AvgIpc) is 2.56. The molecule has 0 bridgehead atoms. The van der Waals surface area contributed by atoms with Gasteiger partial charge in [0.25, 0.3) is 5.91 Å². The molecule has 2 aliphatic heterocycles. The van der Waals surface area contributed by atoms with Crippen molar-refractivity contribution in [2.75, 3.05) is 40.0 Å². The molecule has 2 aliphatic rings. The number of ether oxygens (including phenoxy) is 2. The van der Waals surface area contributed by atoms with Crippen LogP contribution in [0.2, 0.25) is 0 Å². The minimum absolute atomic E-state index is 0.133. The number of likely N-dealkylation sites (tertiary alicyclic amines) is 1. The molecule has 1 spiro atoms. The van der Waals surface area contributed by atoms with Crippen molar-refractivity contribution in [1.29, 1.82) is 0 Å². The molecule has 2 fully saturated rings. The summed E-state index contributed by atoms with van der Waals surface area (Å²) >= 11 is 0. The maximum Gasteiger partial charge on any atom is 0.253 e. The molecule has 0 radical (unpaired) electrons. The van der Waals surface area contributed by atoms with Crippen LogP contribution in [-0.4, -0.2) is 55.8 Å². The van der Waals surface area contributed by atoms with Crippen molar-refractivity contribution in [3.8, 4) is 0 Å². The largest absolute Gasteiger partial charge is 0.384 e. The normalized spacial score (nSPS) is 23.5. The Labute approximate surface area is 144 Å². The lowest BCUT2D eigenvalue weighted by Crippen LogP contribution is -2.50. The number of methoxy groups -OCH3 is 1. The molecule has 0 saturated carbocycles. The van der Waals surface area contributed by atoms with E-state index in [1.165, 1.54) is 0 Å². The zero-order valence-electron chi connectivity index (χ0n) is 15.0. The van der Waals surface area contributed by atoms with E-state index >= 15 is 0 Å². The monoisotopic (exact) mass is 332 g/mol. The lowest BCUT2D eigenvalue weighted by atomic mass is 9.66. The van der Waals surface area contributed by atoms with E-state index in [2.05, 4.69) is 4.98 Å². The third-order valence-electron chi connectivity index (χ3n) is 5.67. The predicted octanol–water partition coefficient (Wildman–Crippen LogP) is 2.60. The van der Waals surface area contributed by atoms with Crippen LogP contribution in [-0.2, 0) is 9.47 Å². The van der Waals surface area contributed by atoms with Gasteiger partial charge in [-0.05, 0) is 50.7 Å². The number of carbonyl (C=O) groups excluding carboxylic acids is 1. The second-order valence-electron chi connectivity index (χ2n) is 7.27. The number of aromatic nitrogens is 1.